The van der Waals surface area contributed by atoms with Gasteiger partial charge >= 0.3 is 0 Å². The largest absolute Gasteiger partial charge is 0.394 e. The minimum absolute atomic E-state index is 0.161. The van der Waals surface area contributed by atoms with Crippen molar-refractivity contribution < 1.29 is 35.4 Å². The van der Waals surface area contributed by atoms with Gasteiger partial charge in [0.05, 0.1) is 31.0 Å². The van der Waals surface area contributed by atoms with Crippen molar-refractivity contribution in [3.05, 3.63) is 67.0 Å². The Balaban J connectivity index is 1.42. The molecular formula is C28H35N3O7. The minimum Gasteiger partial charge on any atom is -0.394 e. The van der Waals surface area contributed by atoms with E-state index in [4.69, 9.17) is 4.74 Å². The second-order valence-corrected chi connectivity index (χ2v) is 9.67. The fourth-order valence-corrected chi connectivity index (χ4v) is 4.63. The molecule has 8 atom stereocenters. The van der Waals surface area contributed by atoms with Crippen molar-refractivity contribution in [2.75, 3.05) is 11.9 Å². The number of nitrogens with zero attached hydrogens (tertiary/aromatic N) is 2. The van der Waals surface area contributed by atoms with E-state index in [1.165, 1.54) is 6.92 Å². The van der Waals surface area contributed by atoms with Crippen LogP contribution in [0.5, 0.6) is 0 Å². The molecule has 0 spiro atoms. The molecule has 0 radical (unpaired) electrons. The summed E-state index contributed by atoms with van der Waals surface area (Å²) in [5.74, 6) is 0.244. The number of aliphatic hydroxyl groups excluding tert-OH is 6. The highest BCUT2D eigenvalue weighted by Gasteiger charge is 2.43. The van der Waals surface area contributed by atoms with Gasteiger partial charge < -0.3 is 40.7 Å². The van der Waals surface area contributed by atoms with Crippen LogP contribution in [-0.4, -0.2) is 96.0 Å². The average molecular weight is 526 g/mol. The summed E-state index contributed by atoms with van der Waals surface area (Å²) in [5, 5.41) is 63.4. The highest BCUT2D eigenvalue weighted by atomic mass is 16.5. The summed E-state index contributed by atoms with van der Waals surface area (Å²) in [5.41, 5.74) is 3.98. The van der Waals surface area contributed by atoms with Gasteiger partial charge in [-0.05, 0) is 36.5 Å². The summed E-state index contributed by atoms with van der Waals surface area (Å²) in [6.07, 6.45) is -4.75. The number of ether oxygens (including phenoxy) is 1. The average Bonchev–Trinajstić information content (AvgIpc) is 2.95. The smallest absolute Gasteiger partial charge is 0.222 e. The van der Waals surface area contributed by atoms with Crippen molar-refractivity contribution in [3.63, 3.8) is 0 Å². The molecule has 0 aliphatic carbocycles. The van der Waals surface area contributed by atoms with Gasteiger partial charge in [-0.1, -0.05) is 54.6 Å². The van der Waals surface area contributed by atoms with E-state index >= 15 is 0 Å². The van der Waals surface area contributed by atoms with Gasteiger partial charge in [-0.2, -0.15) is 0 Å². The Labute approximate surface area is 221 Å². The maximum absolute atomic E-state index is 10.6. The molecule has 38 heavy (non-hydrogen) atoms. The quantitative estimate of drug-likeness (QED) is 0.202. The summed E-state index contributed by atoms with van der Waals surface area (Å²) in [6.45, 7) is 0.935. The van der Waals surface area contributed by atoms with E-state index in [2.05, 4.69) is 15.3 Å². The lowest BCUT2D eigenvalue weighted by atomic mass is 9.90. The van der Waals surface area contributed by atoms with Crippen LogP contribution in [0.25, 0.3) is 22.3 Å². The normalized spacial score (nSPS) is 25.9. The Kier molecular flexibility index (Phi) is 9.40. The maximum atomic E-state index is 10.6. The first-order valence-electron chi connectivity index (χ1n) is 12.7. The Hall–Kier alpha value is -2.96. The summed E-state index contributed by atoms with van der Waals surface area (Å²) in [7, 11) is 0. The molecule has 0 bridgehead atoms. The zero-order valence-corrected chi connectivity index (χ0v) is 21.1. The van der Waals surface area contributed by atoms with Crippen molar-refractivity contribution in [1.29, 1.82) is 0 Å². The molecule has 1 aliphatic heterocycles. The molecule has 1 fully saturated rings. The summed E-state index contributed by atoms with van der Waals surface area (Å²) >= 11 is 0. The molecule has 3 aromatic rings. The van der Waals surface area contributed by atoms with E-state index in [-0.39, 0.29) is 18.8 Å². The van der Waals surface area contributed by atoms with E-state index in [1.54, 1.807) is 12.4 Å². The topological polar surface area (TPSA) is 168 Å². The molecule has 8 unspecified atom stereocenters. The minimum atomic E-state index is -1.48. The van der Waals surface area contributed by atoms with Gasteiger partial charge in [-0.25, -0.2) is 9.97 Å². The van der Waals surface area contributed by atoms with E-state index < -0.39 is 55.4 Å². The first-order valence-corrected chi connectivity index (χ1v) is 12.7. The Morgan fingerprint density at radius 2 is 1.34 bits per heavy atom. The van der Waals surface area contributed by atoms with Gasteiger partial charge in [-0.15, -0.1) is 0 Å². The molecule has 2 aromatic carbocycles. The molecule has 1 aliphatic rings. The van der Waals surface area contributed by atoms with E-state index in [1.807, 2.05) is 54.6 Å². The number of aromatic nitrogens is 2. The zero-order valence-electron chi connectivity index (χ0n) is 21.1. The fraction of sp³-hybridized carbons (Fsp3) is 0.429. The molecule has 1 aromatic heterocycles. The number of benzene rings is 2. The van der Waals surface area contributed by atoms with Crippen molar-refractivity contribution >= 4 is 5.95 Å². The van der Waals surface area contributed by atoms with Crippen LogP contribution < -0.4 is 5.32 Å². The van der Waals surface area contributed by atoms with Crippen molar-refractivity contribution in [2.45, 2.75) is 68.5 Å². The molecule has 10 nitrogen and oxygen atoms in total. The SMILES string of the molecule is CC(O)C(O)C(CCC1OC(CO)C(O)C(O)C1O)Nc1ncc(-c2ccc(-c3ccccc3)cc2)cn1. The molecule has 2 heterocycles. The maximum Gasteiger partial charge on any atom is 0.222 e. The van der Waals surface area contributed by atoms with Crippen LogP contribution in [0.15, 0.2) is 67.0 Å². The highest BCUT2D eigenvalue weighted by Crippen LogP contribution is 2.27. The van der Waals surface area contributed by atoms with E-state index in [9.17, 15) is 30.6 Å². The van der Waals surface area contributed by atoms with Crippen LogP contribution in [0.1, 0.15) is 19.8 Å². The highest BCUT2D eigenvalue weighted by molar-refractivity contribution is 5.69. The third-order valence-electron chi connectivity index (χ3n) is 6.95. The van der Waals surface area contributed by atoms with E-state index in [0.717, 1.165) is 22.3 Å². The third-order valence-corrected chi connectivity index (χ3v) is 6.95. The van der Waals surface area contributed by atoms with Crippen molar-refractivity contribution in [2.24, 2.45) is 0 Å². The standard InChI is InChI=1S/C28H35N3O7/c1-16(33)24(34)21(11-12-22-25(35)27(37)26(36)23(15-32)38-22)31-28-29-13-20(14-30-28)19-9-7-18(8-10-19)17-5-3-2-4-6-17/h2-10,13-14,16,21-27,32-37H,11-12,15H2,1H3,(H,29,30,31). The number of aliphatic hydroxyl groups is 6. The molecule has 0 amide bonds. The van der Waals surface area contributed by atoms with Gasteiger partial charge in [-0.3, -0.25) is 0 Å². The van der Waals surface area contributed by atoms with Gasteiger partial charge in [0.1, 0.15) is 24.4 Å². The Morgan fingerprint density at radius 3 is 1.92 bits per heavy atom. The zero-order chi connectivity index (χ0) is 27.2. The van der Waals surface area contributed by atoms with Crippen LogP contribution in [0.3, 0.4) is 0 Å². The Morgan fingerprint density at radius 1 is 0.789 bits per heavy atom. The summed E-state index contributed by atoms with van der Waals surface area (Å²) in [6, 6.07) is 17.4. The monoisotopic (exact) mass is 525 g/mol. The molecule has 10 heteroatoms. The number of nitrogens with one attached hydrogen (secondary N) is 1. The van der Waals surface area contributed by atoms with Crippen molar-refractivity contribution in [1.82, 2.24) is 9.97 Å². The van der Waals surface area contributed by atoms with Gasteiger partial charge in [0, 0.05) is 18.0 Å². The van der Waals surface area contributed by atoms with Gasteiger partial charge in [0.15, 0.2) is 0 Å². The molecule has 204 valence electrons. The molecule has 0 saturated carbocycles. The lowest BCUT2D eigenvalue weighted by molar-refractivity contribution is -0.230. The van der Waals surface area contributed by atoms with Crippen LogP contribution in [0, 0.1) is 0 Å². The lowest BCUT2D eigenvalue weighted by Crippen LogP contribution is -2.58. The van der Waals surface area contributed by atoms with Gasteiger partial charge in [0.25, 0.3) is 0 Å². The second-order valence-electron chi connectivity index (χ2n) is 9.67. The van der Waals surface area contributed by atoms with Gasteiger partial charge in [0.2, 0.25) is 5.95 Å². The lowest BCUT2D eigenvalue weighted by Gasteiger charge is -2.40. The first-order chi connectivity index (χ1) is 18.3. The van der Waals surface area contributed by atoms with Crippen LogP contribution in [0.2, 0.25) is 0 Å². The molecule has 4 rings (SSSR count). The first kappa shape index (κ1) is 28.1. The van der Waals surface area contributed by atoms with E-state index in [0.29, 0.717) is 0 Å². The fourth-order valence-electron chi connectivity index (χ4n) is 4.63. The third kappa shape index (κ3) is 6.54. The second kappa shape index (κ2) is 12.7. The molecule has 7 N–H and O–H groups in total. The molecule has 1 saturated heterocycles. The Bertz CT molecular complexity index is 1130. The van der Waals surface area contributed by atoms with Crippen LogP contribution in [-0.2, 0) is 4.74 Å². The van der Waals surface area contributed by atoms with Crippen molar-refractivity contribution in [3.8, 4) is 22.3 Å². The predicted octanol–water partition coefficient (Wildman–Crippen LogP) is 0.955. The molecular weight excluding hydrogens is 490 g/mol. The summed E-state index contributed by atoms with van der Waals surface area (Å²) < 4.78 is 5.56. The number of hydrogen-bond acceptors (Lipinski definition) is 10. The number of hydrogen-bond donors (Lipinski definition) is 7. The summed E-state index contributed by atoms with van der Waals surface area (Å²) in [4.78, 5) is 8.75. The number of rotatable bonds is 10. The number of anilines is 1. The van der Waals surface area contributed by atoms with Crippen LogP contribution in [0.4, 0.5) is 5.95 Å². The van der Waals surface area contributed by atoms with Crippen LogP contribution >= 0.6 is 0 Å². The predicted molar refractivity (Wildman–Crippen MR) is 141 cm³/mol.